The molecular weight excluding hydrogens is 422 g/mol. The maximum absolute atomic E-state index is 13.5. The highest BCUT2D eigenvalue weighted by atomic mass is 35.5. The van der Waals surface area contributed by atoms with Crippen molar-refractivity contribution in [3.63, 3.8) is 0 Å². The Labute approximate surface area is 190 Å². The molecule has 5 rings (SSSR count). The summed E-state index contributed by atoms with van der Waals surface area (Å²) < 4.78 is 0. The van der Waals surface area contributed by atoms with Crippen LogP contribution in [-0.2, 0) is 16.9 Å². The fourth-order valence-corrected chi connectivity index (χ4v) is 4.49. The average molecular weight is 442 g/mol. The topological polar surface area (TPSA) is 57.6 Å². The third-order valence-electron chi connectivity index (χ3n) is 5.97. The number of amides is 1. The van der Waals surface area contributed by atoms with Gasteiger partial charge >= 0.3 is 0 Å². The summed E-state index contributed by atoms with van der Waals surface area (Å²) in [5, 5.41) is 13.9. The van der Waals surface area contributed by atoms with Gasteiger partial charge < -0.3 is 10.0 Å². The van der Waals surface area contributed by atoms with Crippen LogP contribution in [-0.4, -0.2) is 16.8 Å². The van der Waals surface area contributed by atoms with E-state index < -0.39 is 11.5 Å². The van der Waals surface area contributed by atoms with Gasteiger partial charge in [0.25, 0.3) is 5.91 Å². The summed E-state index contributed by atoms with van der Waals surface area (Å²) in [6.45, 7) is 0.292. The summed E-state index contributed by atoms with van der Waals surface area (Å²) in [5.74, 6) is -0.827. The zero-order valence-corrected chi connectivity index (χ0v) is 17.9. The van der Waals surface area contributed by atoms with Gasteiger partial charge in [-0.3, -0.25) is 9.59 Å². The van der Waals surface area contributed by atoms with E-state index in [1.807, 2.05) is 60.7 Å². The van der Waals surface area contributed by atoms with Crippen molar-refractivity contribution >= 4 is 39.8 Å². The van der Waals surface area contributed by atoms with Gasteiger partial charge in [0, 0.05) is 16.1 Å². The standard InChI is InChI=1S/C27H20ClNO3/c28-22-12-13-24-23(15-22)27(32,26(31)29(24)17-18-6-2-1-3-7-18)16-25(30)21-11-10-19-8-4-5-9-20(19)14-21/h1-15,32H,16-17H2/t27-/m0/s1. The first-order valence-corrected chi connectivity index (χ1v) is 10.7. The molecule has 32 heavy (non-hydrogen) atoms. The van der Waals surface area contributed by atoms with Crippen LogP contribution < -0.4 is 4.90 Å². The van der Waals surface area contributed by atoms with Gasteiger partial charge in [0.1, 0.15) is 0 Å². The van der Waals surface area contributed by atoms with Crippen LogP contribution in [0.15, 0.2) is 91.0 Å². The number of rotatable bonds is 5. The molecule has 5 heteroatoms. The highest BCUT2D eigenvalue weighted by Crippen LogP contribution is 2.44. The first kappa shape index (κ1) is 20.4. The summed E-state index contributed by atoms with van der Waals surface area (Å²) in [4.78, 5) is 28.2. The first-order valence-electron chi connectivity index (χ1n) is 10.4. The summed E-state index contributed by atoms with van der Waals surface area (Å²) in [6, 6.07) is 27.6. The van der Waals surface area contributed by atoms with Crippen molar-refractivity contribution < 1.29 is 14.7 Å². The molecule has 158 valence electrons. The molecule has 0 spiro atoms. The van der Waals surface area contributed by atoms with E-state index in [4.69, 9.17) is 11.6 Å². The zero-order chi connectivity index (χ0) is 22.3. The molecule has 4 nitrogen and oxygen atoms in total. The van der Waals surface area contributed by atoms with Crippen LogP contribution in [0.25, 0.3) is 10.8 Å². The third kappa shape index (κ3) is 3.48. The Kier molecular flexibility index (Phi) is 5.04. The molecule has 1 aliphatic heterocycles. The molecule has 1 amide bonds. The molecule has 1 atom stereocenters. The van der Waals surface area contributed by atoms with Crippen LogP contribution >= 0.6 is 11.6 Å². The second-order valence-corrected chi connectivity index (χ2v) is 8.50. The Morgan fingerprint density at radius 1 is 0.875 bits per heavy atom. The fraction of sp³-hybridized carbons (Fsp3) is 0.111. The van der Waals surface area contributed by atoms with E-state index in [1.54, 1.807) is 30.3 Å². The lowest BCUT2D eigenvalue weighted by Gasteiger charge is -2.23. The van der Waals surface area contributed by atoms with Gasteiger partial charge in [-0.05, 0) is 40.6 Å². The summed E-state index contributed by atoms with van der Waals surface area (Å²) in [5.41, 5.74) is 0.330. The van der Waals surface area contributed by atoms with Gasteiger partial charge in [-0.1, -0.05) is 78.3 Å². The number of fused-ring (bicyclic) bond motifs is 2. The normalized spacial score (nSPS) is 17.6. The van der Waals surface area contributed by atoms with Gasteiger partial charge in [0.05, 0.1) is 18.7 Å². The van der Waals surface area contributed by atoms with E-state index in [9.17, 15) is 14.7 Å². The minimum absolute atomic E-state index is 0.292. The second kappa shape index (κ2) is 7.90. The Balaban J connectivity index is 1.51. The maximum atomic E-state index is 13.5. The Morgan fingerprint density at radius 2 is 1.59 bits per heavy atom. The number of halogens is 1. The van der Waals surface area contributed by atoms with E-state index >= 15 is 0 Å². The van der Waals surface area contributed by atoms with E-state index in [-0.39, 0.29) is 12.2 Å². The minimum Gasteiger partial charge on any atom is -0.375 e. The molecule has 4 aromatic rings. The SMILES string of the molecule is O=C(C[C@@]1(O)C(=O)N(Cc2ccccc2)c2ccc(Cl)cc21)c1ccc2ccccc2c1. The predicted molar refractivity (Wildman–Crippen MR) is 126 cm³/mol. The number of carbonyl (C=O) groups is 2. The number of hydrogen-bond acceptors (Lipinski definition) is 3. The van der Waals surface area contributed by atoms with Gasteiger partial charge in [-0.15, -0.1) is 0 Å². The molecule has 0 saturated carbocycles. The molecule has 0 aromatic heterocycles. The monoisotopic (exact) mass is 441 g/mol. The van der Waals surface area contributed by atoms with Crippen LogP contribution in [0.4, 0.5) is 5.69 Å². The van der Waals surface area contributed by atoms with Gasteiger partial charge in [-0.25, -0.2) is 0 Å². The summed E-state index contributed by atoms with van der Waals surface area (Å²) in [6.07, 6.45) is -0.358. The number of benzene rings is 4. The molecule has 0 fully saturated rings. The van der Waals surface area contributed by atoms with Gasteiger partial charge in [0.2, 0.25) is 0 Å². The van der Waals surface area contributed by atoms with Crippen molar-refractivity contribution in [1.82, 2.24) is 0 Å². The lowest BCUT2D eigenvalue weighted by atomic mass is 9.87. The minimum atomic E-state index is -1.97. The molecule has 0 bridgehead atoms. The van der Waals surface area contributed by atoms with Crippen LogP contribution in [0.1, 0.15) is 27.9 Å². The summed E-state index contributed by atoms with van der Waals surface area (Å²) in [7, 11) is 0. The molecule has 1 heterocycles. The number of anilines is 1. The number of aliphatic hydroxyl groups is 1. The molecule has 1 N–H and O–H groups in total. The molecular formula is C27H20ClNO3. The predicted octanol–water partition coefficient (Wildman–Crippen LogP) is 5.50. The second-order valence-electron chi connectivity index (χ2n) is 8.06. The molecule has 0 saturated heterocycles. The van der Waals surface area contributed by atoms with Gasteiger partial charge in [0.15, 0.2) is 11.4 Å². The Bertz CT molecular complexity index is 1350. The van der Waals surface area contributed by atoms with Crippen molar-refractivity contribution in [3.8, 4) is 0 Å². The van der Waals surface area contributed by atoms with Crippen LogP contribution in [0.5, 0.6) is 0 Å². The van der Waals surface area contributed by atoms with Crippen molar-refractivity contribution in [2.75, 3.05) is 4.90 Å². The molecule has 0 aliphatic carbocycles. The Morgan fingerprint density at radius 3 is 2.38 bits per heavy atom. The van der Waals surface area contributed by atoms with Crippen molar-refractivity contribution in [1.29, 1.82) is 0 Å². The number of hydrogen-bond donors (Lipinski definition) is 1. The van der Waals surface area contributed by atoms with E-state index in [1.165, 1.54) is 4.90 Å². The maximum Gasteiger partial charge on any atom is 0.264 e. The lowest BCUT2D eigenvalue weighted by molar-refractivity contribution is -0.136. The van der Waals surface area contributed by atoms with Crippen molar-refractivity contribution in [2.45, 2.75) is 18.6 Å². The number of nitrogens with zero attached hydrogens (tertiary/aromatic N) is 1. The van der Waals surface area contributed by atoms with Crippen LogP contribution in [0.2, 0.25) is 5.02 Å². The Hall–Kier alpha value is -3.47. The van der Waals surface area contributed by atoms with Crippen molar-refractivity contribution in [3.05, 3.63) is 113 Å². The quantitative estimate of drug-likeness (QED) is 0.416. The molecule has 0 radical (unpaired) electrons. The number of Topliss-reactive ketones (excluding diaryl/α,β-unsaturated/α-hetero) is 1. The largest absolute Gasteiger partial charge is 0.375 e. The number of ketones is 1. The van der Waals surface area contributed by atoms with Crippen LogP contribution in [0.3, 0.4) is 0 Å². The third-order valence-corrected chi connectivity index (χ3v) is 6.20. The van der Waals surface area contributed by atoms with Crippen molar-refractivity contribution in [2.24, 2.45) is 0 Å². The number of carbonyl (C=O) groups excluding carboxylic acids is 2. The fourth-order valence-electron chi connectivity index (χ4n) is 4.31. The van der Waals surface area contributed by atoms with E-state index in [2.05, 4.69) is 0 Å². The highest BCUT2D eigenvalue weighted by Gasteiger charge is 2.51. The zero-order valence-electron chi connectivity index (χ0n) is 17.2. The van der Waals surface area contributed by atoms with E-state index in [0.29, 0.717) is 28.4 Å². The smallest absolute Gasteiger partial charge is 0.264 e. The lowest BCUT2D eigenvalue weighted by Crippen LogP contribution is -2.41. The van der Waals surface area contributed by atoms with Gasteiger partial charge in [-0.2, -0.15) is 0 Å². The molecule has 4 aromatic carbocycles. The molecule has 1 aliphatic rings. The highest BCUT2D eigenvalue weighted by molar-refractivity contribution is 6.31. The van der Waals surface area contributed by atoms with E-state index in [0.717, 1.165) is 16.3 Å². The summed E-state index contributed by atoms with van der Waals surface area (Å²) >= 11 is 6.20. The molecule has 0 unspecified atom stereocenters. The van der Waals surface area contributed by atoms with Crippen LogP contribution in [0, 0.1) is 0 Å². The average Bonchev–Trinajstić information content (AvgIpc) is 3.00. The first-order chi connectivity index (χ1) is 15.5.